The highest BCUT2D eigenvalue weighted by atomic mass is 79.9. The topological polar surface area (TPSA) is 24.9 Å². The van der Waals surface area contributed by atoms with Gasteiger partial charge < -0.3 is 5.32 Å². The minimum Gasteiger partial charge on any atom is -0.379 e. The third-order valence-corrected chi connectivity index (χ3v) is 3.91. The van der Waals surface area contributed by atoms with Crippen molar-refractivity contribution < 1.29 is 0 Å². The standard InChI is InChI=1S/C11H10BrClN2S/c1-7-2-3-9(12)10(4-7)14-5-8-6-15-11(13)16-8/h2-4,6,14H,5H2,1H3. The van der Waals surface area contributed by atoms with Crippen LogP contribution >= 0.6 is 38.9 Å². The van der Waals surface area contributed by atoms with E-state index in [1.54, 1.807) is 6.20 Å². The van der Waals surface area contributed by atoms with Crippen molar-refractivity contribution in [3.05, 3.63) is 43.8 Å². The quantitative estimate of drug-likeness (QED) is 0.903. The Morgan fingerprint density at radius 1 is 1.50 bits per heavy atom. The van der Waals surface area contributed by atoms with Crippen LogP contribution < -0.4 is 5.32 Å². The van der Waals surface area contributed by atoms with E-state index < -0.39 is 0 Å². The zero-order valence-electron chi connectivity index (χ0n) is 8.63. The lowest BCUT2D eigenvalue weighted by molar-refractivity contribution is 1.17. The Labute approximate surface area is 112 Å². The molecule has 1 heterocycles. The lowest BCUT2D eigenvalue weighted by atomic mass is 10.2. The summed E-state index contributed by atoms with van der Waals surface area (Å²) in [6, 6.07) is 6.21. The van der Waals surface area contributed by atoms with E-state index in [4.69, 9.17) is 11.6 Å². The number of nitrogens with one attached hydrogen (secondary N) is 1. The maximum atomic E-state index is 5.77. The summed E-state index contributed by atoms with van der Waals surface area (Å²) in [6.07, 6.45) is 1.80. The van der Waals surface area contributed by atoms with Gasteiger partial charge in [0.05, 0.1) is 6.54 Å². The Morgan fingerprint density at radius 3 is 3.00 bits per heavy atom. The van der Waals surface area contributed by atoms with E-state index in [9.17, 15) is 0 Å². The SMILES string of the molecule is Cc1ccc(Br)c(NCc2cnc(Cl)s2)c1. The zero-order valence-corrected chi connectivity index (χ0v) is 11.8. The third-order valence-electron chi connectivity index (χ3n) is 2.10. The van der Waals surface area contributed by atoms with Gasteiger partial charge in [0.1, 0.15) is 0 Å². The van der Waals surface area contributed by atoms with Crippen molar-refractivity contribution in [3.8, 4) is 0 Å². The maximum absolute atomic E-state index is 5.77. The molecule has 2 aromatic rings. The van der Waals surface area contributed by atoms with Gasteiger partial charge in [0, 0.05) is 21.2 Å². The third kappa shape index (κ3) is 2.97. The van der Waals surface area contributed by atoms with E-state index in [-0.39, 0.29) is 0 Å². The van der Waals surface area contributed by atoms with E-state index in [0.717, 1.165) is 21.6 Å². The highest BCUT2D eigenvalue weighted by molar-refractivity contribution is 9.10. The molecule has 5 heteroatoms. The average Bonchev–Trinajstić information content (AvgIpc) is 2.66. The number of hydrogen-bond acceptors (Lipinski definition) is 3. The van der Waals surface area contributed by atoms with E-state index >= 15 is 0 Å². The predicted molar refractivity (Wildman–Crippen MR) is 73.3 cm³/mol. The molecule has 0 bridgehead atoms. The summed E-state index contributed by atoms with van der Waals surface area (Å²) in [5.41, 5.74) is 2.32. The largest absolute Gasteiger partial charge is 0.379 e. The van der Waals surface area contributed by atoms with Crippen LogP contribution in [0.15, 0.2) is 28.9 Å². The molecule has 1 aromatic heterocycles. The number of rotatable bonds is 3. The number of halogens is 2. The van der Waals surface area contributed by atoms with E-state index in [2.05, 4.69) is 45.3 Å². The van der Waals surface area contributed by atoms with Gasteiger partial charge in [0.2, 0.25) is 0 Å². The summed E-state index contributed by atoms with van der Waals surface area (Å²) in [6.45, 7) is 2.81. The van der Waals surface area contributed by atoms with Crippen molar-refractivity contribution >= 4 is 44.6 Å². The van der Waals surface area contributed by atoms with Crippen molar-refractivity contribution in [3.63, 3.8) is 0 Å². The van der Waals surface area contributed by atoms with Crippen LogP contribution in [-0.2, 0) is 6.54 Å². The molecule has 0 amide bonds. The molecular formula is C11H10BrClN2S. The van der Waals surface area contributed by atoms with Crippen molar-refractivity contribution in [1.82, 2.24) is 4.98 Å². The molecule has 0 aliphatic rings. The van der Waals surface area contributed by atoms with Crippen LogP contribution in [-0.4, -0.2) is 4.98 Å². The van der Waals surface area contributed by atoms with E-state index in [1.165, 1.54) is 16.9 Å². The molecule has 0 spiro atoms. The van der Waals surface area contributed by atoms with Gasteiger partial charge in [-0.1, -0.05) is 17.7 Å². The molecule has 0 saturated carbocycles. The number of hydrogen-bond donors (Lipinski definition) is 1. The molecule has 0 fully saturated rings. The molecule has 16 heavy (non-hydrogen) atoms. The van der Waals surface area contributed by atoms with E-state index in [1.807, 2.05) is 6.07 Å². The van der Waals surface area contributed by atoms with Crippen LogP contribution in [0.4, 0.5) is 5.69 Å². The second kappa shape index (κ2) is 5.17. The molecule has 2 rings (SSSR count). The predicted octanol–water partition coefficient (Wildman–Crippen LogP) is 4.48. The van der Waals surface area contributed by atoms with Gasteiger partial charge in [0.15, 0.2) is 4.47 Å². The summed E-state index contributed by atoms with van der Waals surface area (Å²) in [5.74, 6) is 0. The second-order valence-electron chi connectivity index (χ2n) is 3.42. The van der Waals surface area contributed by atoms with Gasteiger partial charge in [-0.05, 0) is 40.5 Å². The number of aromatic nitrogens is 1. The van der Waals surface area contributed by atoms with Crippen LogP contribution in [0.1, 0.15) is 10.4 Å². The molecule has 0 radical (unpaired) electrons. The average molecular weight is 318 g/mol. The Bertz CT molecular complexity index is 498. The van der Waals surface area contributed by atoms with Crippen LogP contribution in [0.3, 0.4) is 0 Å². The molecule has 0 saturated heterocycles. The number of thiazole rings is 1. The minimum atomic E-state index is 0.583. The molecule has 1 aromatic carbocycles. The fourth-order valence-electron chi connectivity index (χ4n) is 1.32. The molecule has 84 valence electrons. The van der Waals surface area contributed by atoms with Crippen molar-refractivity contribution in [2.24, 2.45) is 0 Å². The molecular weight excluding hydrogens is 308 g/mol. The molecule has 0 atom stereocenters. The Kier molecular flexibility index (Phi) is 3.84. The molecule has 1 N–H and O–H groups in total. The lowest BCUT2D eigenvalue weighted by Gasteiger charge is -2.07. The fourth-order valence-corrected chi connectivity index (χ4v) is 2.63. The summed E-state index contributed by atoms with van der Waals surface area (Å²) in [5, 5.41) is 3.35. The lowest BCUT2D eigenvalue weighted by Crippen LogP contribution is -1.98. The van der Waals surface area contributed by atoms with Crippen LogP contribution in [0, 0.1) is 6.92 Å². The number of anilines is 1. The summed E-state index contributed by atoms with van der Waals surface area (Å²) in [7, 11) is 0. The Hall–Kier alpha value is -0.580. The summed E-state index contributed by atoms with van der Waals surface area (Å²) < 4.78 is 1.65. The van der Waals surface area contributed by atoms with Gasteiger partial charge in [-0.3, -0.25) is 0 Å². The second-order valence-corrected chi connectivity index (χ2v) is 5.97. The fraction of sp³-hybridized carbons (Fsp3) is 0.182. The number of aryl methyl sites for hydroxylation is 1. The van der Waals surface area contributed by atoms with Crippen LogP contribution in [0.2, 0.25) is 4.47 Å². The number of nitrogens with zero attached hydrogens (tertiary/aromatic N) is 1. The van der Waals surface area contributed by atoms with Crippen molar-refractivity contribution in [2.75, 3.05) is 5.32 Å². The van der Waals surface area contributed by atoms with Crippen LogP contribution in [0.5, 0.6) is 0 Å². The summed E-state index contributed by atoms with van der Waals surface area (Å²) in [4.78, 5) is 5.12. The first kappa shape index (κ1) is 11.9. The molecule has 2 nitrogen and oxygen atoms in total. The van der Waals surface area contributed by atoms with Gasteiger partial charge in [-0.25, -0.2) is 4.98 Å². The van der Waals surface area contributed by atoms with Gasteiger partial charge in [0.25, 0.3) is 0 Å². The first-order chi connectivity index (χ1) is 7.65. The minimum absolute atomic E-state index is 0.583. The van der Waals surface area contributed by atoms with Gasteiger partial charge in [-0.15, -0.1) is 11.3 Å². The monoisotopic (exact) mass is 316 g/mol. The summed E-state index contributed by atoms with van der Waals surface area (Å²) >= 11 is 10.8. The Morgan fingerprint density at radius 2 is 2.31 bits per heavy atom. The van der Waals surface area contributed by atoms with Gasteiger partial charge in [-0.2, -0.15) is 0 Å². The first-order valence-corrected chi connectivity index (χ1v) is 6.74. The molecule has 0 aliphatic heterocycles. The normalized spacial score (nSPS) is 10.4. The maximum Gasteiger partial charge on any atom is 0.183 e. The number of benzene rings is 1. The molecule has 0 unspecified atom stereocenters. The smallest absolute Gasteiger partial charge is 0.183 e. The molecule has 0 aliphatic carbocycles. The van der Waals surface area contributed by atoms with Crippen LogP contribution in [0.25, 0.3) is 0 Å². The van der Waals surface area contributed by atoms with Crippen molar-refractivity contribution in [2.45, 2.75) is 13.5 Å². The zero-order chi connectivity index (χ0) is 11.5. The first-order valence-electron chi connectivity index (χ1n) is 4.75. The highest BCUT2D eigenvalue weighted by Crippen LogP contribution is 2.25. The highest BCUT2D eigenvalue weighted by Gasteiger charge is 2.02. The Balaban J connectivity index is 2.07. The van der Waals surface area contributed by atoms with E-state index in [0.29, 0.717) is 4.47 Å². The van der Waals surface area contributed by atoms with Gasteiger partial charge >= 0.3 is 0 Å². The van der Waals surface area contributed by atoms with Crippen molar-refractivity contribution in [1.29, 1.82) is 0 Å².